The van der Waals surface area contributed by atoms with Gasteiger partial charge in [0.1, 0.15) is 0 Å². The molecule has 0 bridgehead atoms. The molecule has 5 nitrogen and oxygen atoms in total. The summed E-state index contributed by atoms with van der Waals surface area (Å²) in [4.78, 5) is 10.8. The minimum Gasteiger partial charge on any atom is -0.503 e. The Kier molecular flexibility index (Phi) is 4.70. The lowest BCUT2D eigenvalue weighted by molar-refractivity contribution is 0.0697. The van der Waals surface area contributed by atoms with Crippen LogP contribution in [0.1, 0.15) is 15.9 Å². The molecule has 110 valence electrons. The molecule has 2 rings (SSSR count). The van der Waals surface area contributed by atoms with Crippen LogP contribution >= 0.6 is 15.9 Å². The first kappa shape index (κ1) is 15.2. The fourth-order valence-electron chi connectivity index (χ4n) is 1.82. The monoisotopic (exact) mass is 351 g/mol. The summed E-state index contributed by atoms with van der Waals surface area (Å²) in [5.74, 6) is -0.497. The van der Waals surface area contributed by atoms with Crippen LogP contribution in [0.2, 0.25) is 0 Å². The fourth-order valence-corrected chi connectivity index (χ4v) is 2.31. The SMILES string of the molecule is COc1cc(CNc2ccc(C(=O)O)cc2)cc(Br)c1O. The molecule has 0 aliphatic rings. The van der Waals surface area contributed by atoms with Gasteiger partial charge in [-0.1, -0.05) is 0 Å². The maximum Gasteiger partial charge on any atom is 0.335 e. The van der Waals surface area contributed by atoms with Crippen molar-refractivity contribution in [2.24, 2.45) is 0 Å². The van der Waals surface area contributed by atoms with Gasteiger partial charge in [0.25, 0.3) is 0 Å². The van der Waals surface area contributed by atoms with Gasteiger partial charge in [0, 0.05) is 12.2 Å². The molecule has 2 aromatic rings. The van der Waals surface area contributed by atoms with Gasteiger partial charge >= 0.3 is 5.97 Å². The van der Waals surface area contributed by atoms with Crippen molar-refractivity contribution in [3.8, 4) is 11.5 Å². The minimum atomic E-state index is -0.950. The highest BCUT2D eigenvalue weighted by atomic mass is 79.9. The number of aromatic hydroxyl groups is 1. The number of rotatable bonds is 5. The van der Waals surface area contributed by atoms with Crippen molar-refractivity contribution in [1.29, 1.82) is 0 Å². The van der Waals surface area contributed by atoms with Gasteiger partial charge in [-0.15, -0.1) is 0 Å². The molecule has 2 aromatic carbocycles. The van der Waals surface area contributed by atoms with E-state index in [0.29, 0.717) is 16.8 Å². The van der Waals surface area contributed by atoms with Gasteiger partial charge in [-0.25, -0.2) is 4.79 Å². The summed E-state index contributed by atoms with van der Waals surface area (Å²) < 4.78 is 5.64. The summed E-state index contributed by atoms with van der Waals surface area (Å²) in [5, 5.41) is 21.8. The van der Waals surface area contributed by atoms with Crippen LogP contribution < -0.4 is 10.1 Å². The molecule has 0 saturated carbocycles. The molecular formula is C15H14BrNO4. The van der Waals surface area contributed by atoms with Gasteiger partial charge in [-0.05, 0) is 57.9 Å². The lowest BCUT2D eigenvalue weighted by atomic mass is 10.1. The molecule has 0 spiro atoms. The van der Waals surface area contributed by atoms with E-state index in [0.717, 1.165) is 11.3 Å². The second-order valence-corrected chi connectivity index (χ2v) is 5.22. The number of halogens is 1. The third-order valence-corrected chi connectivity index (χ3v) is 3.54. The topological polar surface area (TPSA) is 78.8 Å². The van der Waals surface area contributed by atoms with Crippen molar-refractivity contribution in [3.63, 3.8) is 0 Å². The Morgan fingerprint density at radius 1 is 1.29 bits per heavy atom. The molecule has 3 N–H and O–H groups in total. The Hall–Kier alpha value is -2.21. The number of anilines is 1. The maximum atomic E-state index is 10.8. The van der Waals surface area contributed by atoms with Crippen molar-refractivity contribution in [3.05, 3.63) is 52.0 Å². The molecule has 0 atom stereocenters. The Morgan fingerprint density at radius 3 is 2.52 bits per heavy atom. The van der Waals surface area contributed by atoms with Crippen molar-refractivity contribution < 1.29 is 19.7 Å². The number of phenols is 1. The summed E-state index contributed by atoms with van der Waals surface area (Å²) in [7, 11) is 1.49. The van der Waals surface area contributed by atoms with Crippen LogP contribution in [0.3, 0.4) is 0 Å². The second-order valence-electron chi connectivity index (χ2n) is 4.36. The predicted molar refractivity (Wildman–Crippen MR) is 83.1 cm³/mol. The van der Waals surface area contributed by atoms with Crippen LogP contribution in [0.4, 0.5) is 5.69 Å². The number of hydrogen-bond acceptors (Lipinski definition) is 4. The van der Waals surface area contributed by atoms with E-state index in [9.17, 15) is 9.90 Å². The zero-order valence-electron chi connectivity index (χ0n) is 11.3. The summed E-state index contributed by atoms with van der Waals surface area (Å²) in [6.45, 7) is 0.516. The molecule has 0 aliphatic heterocycles. The zero-order valence-corrected chi connectivity index (χ0v) is 12.8. The number of carboxylic acid groups (broad SMARTS) is 1. The van der Waals surface area contributed by atoms with Gasteiger partial charge in [0.05, 0.1) is 17.1 Å². The van der Waals surface area contributed by atoms with E-state index in [1.807, 2.05) is 0 Å². The summed E-state index contributed by atoms with van der Waals surface area (Å²) >= 11 is 3.27. The van der Waals surface area contributed by atoms with E-state index >= 15 is 0 Å². The largest absolute Gasteiger partial charge is 0.503 e. The van der Waals surface area contributed by atoms with Crippen molar-refractivity contribution >= 4 is 27.6 Å². The number of carboxylic acids is 1. The van der Waals surface area contributed by atoms with E-state index in [2.05, 4.69) is 21.2 Å². The molecule has 0 aromatic heterocycles. The van der Waals surface area contributed by atoms with Crippen LogP contribution in [-0.4, -0.2) is 23.3 Å². The lowest BCUT2D eigenvalue weighted by Crippen LogP contribution is -2.01. The standard InChI is InChI=1S/C15H14BrNO4/c1-21-13-7-9(6-12(16)14(13)18)8-17-11-4-2-10(3-5-11)15(19)20/h2-7,17-18H,8H2,1H3,(H,19,20). The molecule has 21 heavy (non-hydrogen) atoms. The summed E-state index contributed by atoms with van der Waals surface area (Å²) in [6, 6.07) is 10.0. The predicted octanol–water partition coefficient (Wildman–Crippen LogP) is 3.47. The first-order valence-corrected chi connectivity index (χ1v) is 6.93. The average molecular weight is 352 g/mol. The summed E-state index contributed by atoms with van der Waals surface area (Å²) in [5.41, 5.74) is 1.97. The number of aromatic carboxylic acids is 1. The van der Waals surface area contributed by atoms with Gasteiger partial charge in [0.15, 0.2) is 11.5 Å². The Morgan fingerprint density at radius 2 is 1.95 bits per heavy atom. The number of carbonyl (C=O) groups is 1. The molecule has 0 unspecified atom stereocenters. The van der Waals surface area contributed by atoms with E-state index in [1.54, 1.807) is 24.3 Å². The van der Waals surface area contributed by atoms with Crippen LogP contribution in [0, 0.1) is 0 Å². The van der Waals surface area contributed by atoms with E-state index in [1.165, 1.54) is 19.2 Å². The van der Waals surface area contributed by atoms with Crippen LogP contribution in [0.15, 0.2) is 40.9 Å². The highest BCUT2D eigenvalue weighted by Gasteiger charge is 2.08. The van der Waals surface area contributed by atoms with Crippen molar-refractivity contribution in [1.82, 2.24) is 0 Å². The maximum absolute atomic E-state index is 10.8. The number of phenolic OH excluding ortho intramolecular Hbond substituents is 1. The van der Waals surface area contributed by atoms with E-state index in [4.69, 9.17) is 9.84 Å². The average Bonchev–Trinajstić information content (AvgIpc) is 2.48. The Bertz CT molecular complexity index is 655. The van der Waals surface area contributed by atoms with Crippen LogP contribution in [0.5, 0.6) is 11.5 Å². The number of benzene rings is 2. The normalized spacial score (nSPS) is 10.2. The fraction of sp³-hybridized carbons (Fsp3) is 0.133. The Balaban J connectivity index is 2.09. The number of methoxy groups -OCH3 is 1. The van der Waals surface area contributed by atoms with Gasteiger partial charge in [-0.2, -0.15) is 0 Å². The van der Waals surface area contributed by atoms with Crippen LogP contribution in [-0.2, 0) is 6.54 Å². The lowest BCUT2D eigenvalue weighted by Gasteiger charge is -2.11. The number of nitrogens with one attached hydrogen (secondary N) is 1. The molecule has 0 fully saturated rings. The highest BCUT2D eigenvalue weighted by molar-refractivity contribution is 9.10. The Labute approximate surface area is 130 Å². The van der Waals surface area contributed by atoms with Gasteiger partial charge in [-0.3, -0.25) is 0 Å². The van der Waals surface area contributed by atoms with E-state index < -0.39 is 5.97 Å². The second kappa shape index (κ2) is 6.49. The van der Waals surface area contributed by atoms with Gasteiger partial charge < -0.3 is 20.3 Å². The van der Waals surface area contributed by atoms with Crippen molar-refractivity contribution in [2.75, 3.05) is 12.4 Å². The third kappa shape index (κ3) is 3.66. The van der Waals surface area contributed by atoms with Crippen molar-refractivity contribution in [2.45, 2.75) is 6.54 Å². The van der Waals surface area contributed by atoms with Gasteiger partial charge in [0.2, 0.25) is 0 Å². The number of ether oxygens (including phenoxy) is 1. The van der Waals surface area contributed by atoms with Crippen LogP contribution in [0.25, 0.3) is 0 Å². The molecule has 0 saturated heterocycles. The minimum absolute atomic E-state index is 0.0621. The first-order valence-electron chi connectivity index (χ1n) is 6.14. The quantitative estimate of drug-likeness (QED) is 0.768. The smallest absolute Gasteiger partial charge is 0.335 e. The number of hydrogen-bond donors (Lipinski definition) is 3. The summed E-state index contributed by atoms with van der Waals surface area (Å²) in [6.07, 6.45) is 0. The molecule has 0 amide bonds. The molecule has 6 heteroatoms. The highest BCUT2D eigenvalue weighted by Crippen LogP contribution is 2.35. The molecule has 0 radical (unpaired) electrons. The zero-order chi connectivity index (χ0) is 15.4. The molecular weight excluding hydrogens is 338 g/mol. The van der Waals surface area contributed by atoms with E-state index in [-0.39, 0.29) is 11.3 Å². The third-order valence-electron chi connectivity index (χ3n) is 2.94. The molecule has 0 aliphatic carbocycles. The molecule has 0 heterocycles. The first-order chi connectivity index (χ1) is 10.0.